The average molecular weight is 369 g/mol. The Kier molecular flexibility index (Phi) is 4.09. The Bertz CT molecular complexity index is 917. The van der Waals surface area contributed by atoms with Crippen molar-refractivity contribution in [2.75, 3.05) is 11.9 Å². The number of anilines is 1. The number of imide groups is 1. The van der Waals surface area contributed by atoms with Gasteiger partial charge in [0, 0.05) is 18.3 Å². The first-order valence-electron chi connectivity index (χ1n) is 8.75. The van der Waals surface area contributed by atoms with Crippen LogP contribution in [-0.4, -0.2) is 55.0 Å². The molecule has 0 radical (unpaired) electrons. The van der Waals surface area contributed by atoms with Gasteiger partial charge in [-0.2, -0.15) is 0 Å². The maximum Gasteiger partial charge on any atom is 0.325 e. The first-order chi connectivity index (χ1) is 13.0. The summed E-state index contributed by atoms with van der Waals surface area (Å²) < 4.78 is 1.52. The number of carbonyl (C=O) groups excluding carboxylic acids is 3. The highest BCUT2D eigenvalue weighted by molar-refractivity contribution is 6.10. The van der Waals surface area contributed by atoms with Crippen molar-refractivity contribution in [1.29, 1.82) is 0 Å². The number of aryl methyl sites for hydroxylation is 1. The number of nitrogens with zero attached hydrogens (tertiary/aromatic N) is 5. The van der Waals surface area contributed by atoms with Crippen LogP contribution in [0.3, 0.4) is 0 Å². The molecule has 0 bridgehead atoms. The van der Waals surface area contributed by atoms with Crippen LogP contribution in [0.2, 0.25) is 0 Å². The third kappa shape index (κ3) is 3.03. The molecule has 10 heteroatoms. The number of rotatable bonds is 4. The second-order valence-electron chi connectivity index (χ2n) is 6.87. The van der Waals surface area contributed by atoms with E-state index in [-0.39, 0.29) is 12.5 Å². The molecule has 1 spiro atoms. The van der Waals surface area contributed by atoms with Gasteiger partial charge in [0.05, 0.1) is 0 Å². The first-order valence-corrected chi connectivity index (χ1v) is 8.75. The molecule has 1 aliphatic carbocycles. The number of hydrogen-bond acceptors (Lipinski definition) is 6. The van der Waals surface area contributed by atoms with Crippen molar-refractivity contribution in [3.8, 4) is 11.4 Å². The van der Waals surface area contributed by atoms with E-state index in [9.17, 15) is 14.4 Å². The number of nitrogens with one attached hydrogen (secondary N) is 2. The SMILES string of the molecule is Cn1nnnc1-c1cccc(NC(=O)CN2C(=O)NC3(CCCC3)C2=O)c1. The molecule has 1 aliphatic heterocycles. The molecule has 1 aromatic carbocycles. The van der Waals surface area contributed by atoms with Crippen LogP contribution < -0.4 is 10.6 Å². The van der Waals surface area contributed by atoms with Crippen molar-refractivity contribution in [3.05, 3.63) is 24.3 Å². The van der Waals surface area contributed by atoms with E-state index in [1.54, 1.807) is 25.2 Å². The number of tetrazole rings is 1. The summed E-state index contributed by atoms with van der Waals surface area (Å²) in [5.41, 5.74) is 0.457. The van der Waals surface area contributed by atoms with E-state index < -0.39 is 17.5 Å². The lowest BCUT2D eigenvalue weighted by Crippen LogP contribution is -2.44. The molecule has 1 aromatic heterocycles. The second-order valence-corrected chi connectivity index (χ2v) is 6.87. The third-order valence-electron chi connectivity index (χ3n) is 5.03. The predicted octanol–water partition coefficient (Wildman–Crippen LogP) is 0.680. The zero-order valence-corrected chi connectivity index (χ0v) is 14.8. The molecule has 0 atom stereocenters. The normalized spacial score (nSPS) is 18.2. The van der Waals surface area contributed by atoms with Gasteiger partial charge in [0.2, 0.25) is 5.91 Å². The Morgan fingerprint density at radius 3 is 2.78 bits per heavy atom. The summed E-state index contributed by atoms with van der Waals surface area (Å²) in [4.78, 5) is 38.2. The fraction of sp³-hybridized carbons (Fsp3) is 0.412. The minimum atomic E-state index is -0.810. The molecule has 10 nitrogen and oxygen atoms in total. The van der Waals surface area contributed by atoms with E-state index in [2.05, 4.69) is 26.2 Å². The van der Waals surface area contributed by atoms with E-state index in [1.165, 1.54) is 4.68 Å². The van der Waals surface area contributed by atoms with E-state index >= 15 is 0 Å². The lowest BCUT2D eigenvalue weighted by Gasteiger charge is -2.19. The van der Waals surface area contributed by atoms with Crippen molar-refractivity contribution in [1.82, 2.24) is 30.4 Å². The zero-order chi connectivity index (χ0) is 19.0. The molecule has 140 valence electrons. The summed E-state index contributed by atoms with van der Waals surface area (Å²) in [6.07, 6.45) is 3.05. The minimum Gasteiger partial charge on any atom is -0.325 e. The Hall–Kier alpha value is -3.30. The van der Waals surface area contributed by atoms with Gasteiger partial charge in [-0.1, -0.05) is 25.0 Å². The number of hydrogen-bond donors (Lipinski definition) is 2. The highest BCUT2D eigenvalue weighted by atomic mass is 16.2. The number of benzene rings is 1. The molecule has 2 N–H and O–H groups in total. The fourth-order valence-electron chi connectivity index (χ4n) is 3.69. The molecule has 1 saturated carbocycles. The van der Waals surface area contributed by atoms with Crippen LogP contribution in [0.4, 0.5) is 10.5 Å². The average Bonchev–Trinajstić information content (AvgIpc) is 3.33. The van der Waals surface area contributed by atoms with Crippen LogP contribution in [-0.2, 0) is 16.6 Å². The summed E-state index contributed by atoms with van der Waals surface area (Å²) in [5.74, 6) is -0.191. The van der Waals surface area contributed by atoms with Crippen LogP contribution in [0.15, 0.2) is 24.3 Å². The number of aromatic nitrogens is 4. The topological polar surface area (TPSA) is 122 Å². The molecule has 4 rings (SSSR count). The van der Waals surface area contributed by atoms with Crippen molar-refractivity contribution < 1.29 is 14.4 Å². The molecule has 0 unspecified atom stereocenters. The molecule has 2 aliphatic rings. The highest BCUT2D eigenvalue weighted by Gasteiger charge is 2.52. The monoisotopic (exact) mass is 369 g/mol. The van der Waals surface area contributed by atoms with Crippen molar-refractivity contribution in [2.45, 2.75) is 31.2 Å². The van der Waals surface area contributed by atoms with Gasteiger partial charge in [-0.15, -0.1) is 5.10 Å². The van der Waals surface area contributed by atoms with Crippen LogP contribution >= 0.6 is 0 Å². The van der Waals surface area contributed by atoms with E-state index in [0.717, 1.165) is 23.3 Å². The maximum absolute atomic E-state index is 12.6. The van der Waals surface area contributed by atoms with Gasteiger partial charge in [0.15, 0.2) is 5.82 Å². The highest BCUT2D eigenvalue weighted by Crippen LogP contribution is 2.34. The number of amides is 4. The minimum absolute atomic E-state index is 0.306. The van der Waals surface area contributed by atoms with Gasteiger partial charge in [0.1, 0.15) is 12.1 Å². The molecule has 1 saturated heterocycles. The van der Waals surface area contributed by atoms with Crippen molar-refractivity contribution in [2.24, 2.45) is 7.05 Å². The number of urea groups is 1. The quantitative estimate of drug-likeness (QED) is 0.764. The predicted molar refractivity (Wildman–Crippen MR) is 94.3 cm³/mol. The Labute approximate surface area is 154 Å². The van der Waals surface area contributed by atoms with Gasteiger partial charge in [-0.3, -0.25) is 14.5 Å². The van der Waals surface area contributed by atoms with E-state index in [0.29, 0.717) is 24.4 Å². The van der Waals surface area contributed by atoms with Gasteiger partial charge >= 0.3 is 6.03 Å². The van der Waals surface area contributed by atoms with Crippen LogP contribution in [0.1, 0.15) is 25.7 Å². The first kappa shape index (κ1) is 17.1. The maximum atomic E-state index is 12.6. The summed E-state index contributed by atoms with van der Waals surface area (Å²) in [6.45, 7) is -0.317. The lowest BCUT2D eigenvalue weighted by molar-refractivity contribution is -0.133. The Balaban J connectivity index is 1.45. The fourth-order valence-corrected chi connectivity index (χ4v) is 3.69. The van der Waals surface area contributed by atoms with E-state index in [1.807, 2.05) is 6.07 Å². The Morgan fingerprint density at radius 1 is 1.30 bits per heavy atom. The summed E-state index contributed by atoms with van der Waals surface area (Å²) in [5, 5.41) is 16.8. The van der Waals surface area contributed by atoms with Crippen molar-refractivity contribution in [3.63, 3.8) is 0 Å². The standard InChI is InChI=1S/C17H19N7O3/c1-23-14(20-21-22-23)11-5-4-6-12(9-11)18-13(25)10-24-15(26)17(19-16(24)27)7-2-3-8-17/h4-6,9H,2-3,7-8,10H2,1H3,(H,18,25)(H,19,27). The van der Waals surface area contributed by atoms with Gasteiger partial charge in [-0.05, 0) is 35.4 Å². The molecular weight excluding hydrogens is 350 g/mol. The summed E-state index contributed by atoms with van der Waals surface area (Å²) >= 11 is 0. The molecule has 2 heterocycles. The summed E-state index contributed by atoms with van der Waals surface area (Å²) in [6, 6.07) is 6.53. The van der Waals surface area contributed by atoms with Crippen LogP contribution in [0.5, 0.6) is 0 Å². The third-order valence-corrected chi connectivity index (χ3v) is 5.03. The van der Waals surface area contributed by atoms with Gasteiger partial charge in [-0.25, -0.2) is 9.48 Å². The largest absolute Gasteiger partial charge is 0.325 e. The summed E-state index contributed by atoms with van der Waals surface area (Å²) in [7, 11) is 1.72. The zero-order valence-electron chi connectivity index (χ0n) is 14.8. The smallest absolute Gasteiger partial charge is 0.325 e. The van der Waals surface area contributed by atoms with E-state index in [4.69, 9.17) is 0 Å². The van der Waals surface area contributed by atoms with Crippen LogP contribution in [0, 0.1) is 0 Å². The van der Waals surface area contributed by atoms with Gasteiger partial charge < -0.3 is 10.6 Å². The molecule has 2 aromatic rings. The van der Waals surface area contributed by atoms with Crippen molar-refractivity contribution >= 4 is 23.5 Å². The Morgan fingerprint density at radius 2 is 2.07 bits per heavy atom. The van der Waals surface area contributed by atoms with Gasteiger partial charge in [0.25, 0.3) is 5.91 Å². The number of carbonyl (C=O) groups is 3. The molecule has 4 amide bonds. The molecule has 2 fully saturated rings. The van der Waals surface area contributed by atoms with Crippen LogP contribution in [0.25, 0.3) is 11.4 Å². The molecular formula is C17H19N7O3. The molecule has 27 heavy (non-hydrogen) atoms. The second kappa shape index (κ2) is 6.45. The lowest BCUT2D eigenvalue weighted by atomic mass is 9.98.